The van der Waals surface area contributed by atoms with E-state index in [9.17, 15) is 9.59 Å². The average molecular weight is 408 g/mol. The van der Waals surface area contributed by atoms with Crippen LogP contribution in [0.5, 0.6) is 17.2 Å². The third-order valence-corrected chi connectivity index (χ3v) is 4.95. The summed E-state index contributed by atoms with van der Waals surface area (Å²) < 4.78 is 22.2. The van der Waals surface area contributed by atoms with E-state index in [-0.39, 0.29) is 30.2 Å². The molecule has 0 N–H and O–H groups in total. The van der Waals surface area contributed by atoms with Gasteiger partial charge in [-0.2, -0.15) is 0 Å². The maximum absolute atomic E-state index is 12.6. The van der Waals surface area contributed by atoms with Gasteiger partial charge < -0.3 is 23.8 Å². The fourth-order valence-electron chi connectivity index (χ4n) is 3.70. The molecule has 0 aliphatic carbocycles. The summed E-state index contributed by atoms with van der Waals surface area (Å²) in [5.74, 6) is 0.521. The van der Waals surface area contributed by atoms with Crippen LogP contribution < -0.4 is 14.2 Å². The quantitative estimate of drug-likeness (QED) is 0.579. The largest absolute Gasteiger partial charge is 0.490 e. The number of ether oxygens (including phenoxy) is 4. The van der Waals surface area contributed by atoms with Crippen LogP contribution in [-0.4, -0.2) is 55.3 Å². The summed E-state index contributed by atoms with van der Waals surface area (Å²) in [5.41, 5.74) is 0.257. The molecule has 0 bridgehead atoms. The molecule has 1 heterocycles. The van der Waals surface area contributed by atoms with Crippen LogP contribution in [0.1, 0.15) is 64.2 Å². The Morgan fingerprint density at radius 1 is 0.931 bits per heavy atom. The smallest absolute Gasteiger partial charge is 0.338 e. The zero-order valence-electron chi connectivity index (χ0n) is 18.2. The fraction of sp³-hybridized carbons (Fsp3) is 0.636. The van der Waals surface area contributed by atoms with Crippen molar-refractivity contribution in [2.75, 3.05) is 26.4 Å². The van der Waals surface area contributed by atoms with Gasteiger partial charge in [0.25, 0.3) is 5.91 Å². The van der Waals surface area contributed by atoms with Crippen LogP contribution in [0.2, 0.25) is 0 Å². The molecule has 1 aliphatic heterocycles. The van der Waals surface area contributed by atoms with Crippen LogP contribution >= 0.6 is 0 Å². The fourth-order valence-corrected chi connectivity index (χ4v) is 3.70. The van der Waals surface area contributed by atoms with E-state index in [0.717, 1.165) is 19.3 Å². The van der Waals surface area contributed by atoms with Crippen molar-refractivity contribution in [3.05, 3.63) is 17.7 Å². The molecule has 1 aromatic rings. The van der Waals surface area contributed by atoms with Crippen LogP contribution in [0.4, 0.5) is 0 Å². The lowest BCUT2D eigenvalue weighted by molar-refractivity contribution is -0.140. The van der Waals surface area contributed by atoms with Crippen molar-refractivity contribution in [3.8, 4) is 17.2 Å². The number of hydrogen-bond acceptors (Lipinski definition) is 6. The minimum absolute atomic E-state index is 0.157. The first-order valence-corrected chi connectivity index (χ1v) is 10.5. The number of rotatable bonds is 9. The van der Waals surface area contributed by atoms with Crippen LogP contribution in [0.15, 0.2) is 12.1 Å². The lowest BCUT2D eigenvalue weighted by atomic mass is 9.97. The van der Waals surface area contributed by atoms with Gasteiger partial charge in [-0.25, -0.2) is 4.79 Å². The lowest BCUT2D eigenvalue weighted by Crippen LogP contribution is -2.49. The van der Waals surface area contributed by atoms with Gasteiger partial charge >= 0.3 is 5.97 Å². The Bertz CT molecular complexity index is 668. The molecular formula is C22H33NO6. The Morgan fingerprint density at radius 2 is 1.45 bits per heavy atom. The average Bonchev–Trinajstić information content (AvgIpc) is 2.68. The zero-order chi connectivity index (χ0) is 21.4. The van der Waals surface area contributed by atoms with Crippen LogP contribution in [0.25, 0.3) is 0 Å². The maximum Gasteiger partial charge on any atom is 0.338 e. The molecule has 1 amide bonds. The van der Waals surface area contributed by atoms with Crippen LogP contribution in [0, 0.1) is 0 Å². The SMILES string of the molecule is CCOc1cc(C(=O)OCC(=O)N2C(C)CCCC2C)cc(OCC)c1OCC. The molecule has 1 saturated heterocycles. The number of carbonyl (C=O) groups is 2. The van der Waals surface area contributed by atoms with Crippen molar-refractivity contribution in [1.29, 1.82) is 0 Å². The second-order valence-electron chi connectivity index (χ2n) is 7.11. The number of amides is 1. The first-order valence-electron chi connectivity index (χ1n) is 10.5. The molecule has 1 aromatic carbocycles. The minimum Gasteiger partial charge on any atom is -0.490 e. The standard InChI is InChI=1S/C22H33NO6/c1-6-26-18-12-17(13-19(27-7-2)21(18)28-8-3)22(25)29-14-20(24)23-15(4)10-9-11-16(23)5/h12-13,15-16H,6-11,14H2,1-5H3. The predicted octanol–water partition coefficient (Wildman–Crippen LogP) is 3.83. The maximum atomic E-state index is 12.6. The first-order chi connectivity index (χ1) is 13.9. The third-order valence-electron chi connectivity index (χ3n) is 4.95. The molecule has 1 aliphatic rings. The number of benzene rings is 1. The Balaban J connectivity index is 2.15. The van der Waals surface area contributed by atoms with E-state index in [1.165, 1.54) is 0 Å². The molecular weight excluding hydrogens is 374 g/mol. The highest BCUT2D eigenvalue weighted by Crippen LogP contribution is 2.39. The van der Waals surface area contributed by atoms with Gasteiger partial charge in [-0.15, -0.1) is 0 Å². The van der Waals surface area contributed by atoms with Crippen molar-refractivity contribution in [2.24, 2.45) is 0 Å². The number of piperidine rings is 1. The monoisotopic (exact) mass is 407 g/mol. The van der Waals surface area contributed by atoms with Gasteiger partial charge in [0.2, 0.25) is 5.75 Å². The Hall–Kier alpha value is -2.44. The number of likely N-dealkylation sites (tertiary alicyclic amines) is 1. The Kier molecular flexibility index (Phi) is 8.61. The van der Waals surface area contributed by atoms with E-state index in [1.54, 1.807) is 12.1 Å². The van der Waals surface area contributed by atoms with Crippen LogP contribution in [-0.2, 0) is 9.53 Å². The van der Waals surface area contributed by atoms with Crippen molar-refractivity contribution in [1.82, 2.24) is 4.90 Å². The number of nitrogens with zero attached hydrogens (tertiary/aromatic N) is 1. The van der Waals surface area contributed by atoms with Crippen molar-refractivity contribution < 1.29 is 28.5 Å². The van der Waals surface area contributed by atoms with Gasteiger partial charge in [0.05, 0.1) is 25.4 Å². The zero-order valence-corrected chi connectivity index (χ0v) is 18.2. The lowest BCUT2D eigenvalue weighted by Gasteiger charge is -2.38. The van der Waals surface area contributed by atoms with E-state index < -0.39 is 5.97 Å². The molecule has 7 heteroatoms. The molecule has 2 rings (SSSR count). The first kappa shape index (κ1) is 22.8. The highest BCUT2D eigenvalue weighted by Gasteiger charge is 2.29. The summed E-state index contributed by atoms with van der Waals surface area (Å²) in [6.07, 6.45) is 3.05. The minimum atomic E-state index is -0.597. The molecule has 1 fully saturated rings. The van der Waals surface area contributed by atoms with Gasteiger partial charge in [0, 0.05) is 12.1 Å². The second-order valence-corrected chi connectivity index (χ2v) is 7.11. The van der Waals surface area contributed by atoms with Gasteiger partial charge in [0.1, 0.15) is 0 Å². The summed E-state index contributed by atoms with van der Waals surface area (Å²) in [4.78, 5) is 27.1. The van der Waals surface area contributed by atoms with E-state index in [1.807, 2.05) is 39.5 Å². The van der Waals surface area contributed by atoms with Gasteiger partial charge in [-0.3, -0.25) is 4.79 Å². The molecule has 0 spiro atoms. The van der Waals surface area contributed by atoms with E-state index in [0.29, 0.717) is 37.1 Å². The molecule has 0 saturated carbocycles. The van der Waals surface area contributed by atoms with Crippen molar-refractivity contribution in [2.45, 2.75) is 66.0 Å². The molecule has 2 unspecified atom stereocenters. The number of hydrogen-bond donors (Lipinski definition) is 0. The highest BCUT2D eigenvalue weighted by atomic mass is 16.5. The van der Waals surface area contributed by atoms with Crippen molar-refractivity contribution in [3.63, 3.8) is 0 Å². The van der Waals surface area contributed by atoms with Gasteiger partial charge in [0.15, 0.2) is 18.1 Å². The summed E-state index contributed by atoms with van der Waals surface area (Å²) in [6, 6.07) is 3.44. The molecule has 162 valence electrons. The Labute approximate surface area is 173 Å². The van der Waals surface area contributed by atoms with Crippen LogP contribution in [0.3, 0.4) is 0 Å². The normalized spacial score (nSPS) is 18.9. The van der Waals surface area contributed by atoms with E-state index >= 15 is 0 Å². The summed E-state index contributed by atoms with van der Waals surface area (Å²) in [7, 11) is 0. The van der Waals surface area contributed by atoms with E-state index in [2.05, 4.69) is 0 Å². The second kappa shape index (κ2) is 10.9. The molecule has 0 radical (unpaired) electrons. The summed E-state index contributed by atoms with van der Waals surface area (Å²) in [5, 5.41) is 0. The number of esters is 1. The summed E-state index contributed by atoms with van der Waals surface area (Å²) >= 11 is 0. The number of carbonyl (C=O) groups excluding carboxylic acids is 2. The predicted molar refractivity (Wildman–Crippen MR) is 110 cm³/mol. The molecule has 7 nitrogen and oxygen atoms in total. The van der Waals surface area contributed by atoms with Crippen molar-refractivity contribution >= 4 is 11.9 Å². The molecule has 0 aromatic heterocycles. The molecule has 29 heavy (non-hydrogen) atoms. The summed E-state index contributed by atoms with van der Waals surface area (Å²) in [6.45, 7) is 10.6. The van der Waals surface area contributed by atoms with Gasteiger partial charge in [-0.1, -0.05) is 0 Å². The Morgan fingerprint density at radius 3 is 1.93 bits per heavy atom. The molecule has 2 atom stereocenters. The highest BCUT2D eigenvalue weighted by molar-refractivity contribution is 5.93. The van der Waals surface area contributed by atoms with E-state index in [4.69, 9.17) is 18.9 Å². The topological polar surface area (TPSA) is 74.3 Å². The third kappa shape index (κ3) is 5.78. The van der Waals surface area contributed by atoms with Gasteiger partial charge in [-0.05, 0) is 66.0 Å².